The Morgan fingerprint density at radius 2 is 1.63 bits per heavy atom. The quantitative estimate of drug-likeness (QED) is 0.553. The van der Waals surface area contributed by atoms with Crippen LogP contribution in [-0.4, -0.2) is 12.1 Å². The largest absolute Gasteiger partial charge is 0.459 e. The van der Waals surface area contributed by atoms with Crippen LogP contribution in [0.15, 0.2) is 12.2 Å². The van der Waals surface area contributed by atoms with E-state index in [2.05, 4.69) is 6.58 Å². The number of hydrogen-bond donors (Lipinski definition) is 0. The van der Waals surface area contributed by atoms with Crippen molar-refractivity contribution in [2.45, 2.75) is 64.4 Å². The van der Waals surface area contributed by atoms with E-state index in [1.165, 1.54) is 44.9 Å². The van der Waals surface area contributed by atoms with Crippen LogP contribution in [0.5, 0.6) is 0 Å². The lowest BCUT2D eigenvalue weighted by Crippen LogP contribution is -2.47. The first kappa shape index (κ1) is 13.2. The summed E-state index contributed by atoms with van der Waals surface area (Å²) in [5.41, 5.74) is 0.540. The minimum atomic E-state index is -0.179. The molecule has 3 aliphatic carbocycles. The van der Waals surface area contributed by atoms with Crippen LogP contribution in [0.1, 0.15) is 58.3 Å². The van der Waals surface area contributed by atoms with Gasteiger partial charge in [0.1, 0.15) is 6.10 Å². The standard InChI is InChI=1S/C17H26O2/c1-11(2)17(18)19-15-10-9-13-6-3-5-12-7-4-8-14(15)16(12)13/h12-16H,1,3-10H2,2H3. The molecule has 0 heterocycles. The van der Waals surface area contributed by atoms with Crippen LogP contribution in [-0.2, 0) is 9.53 Å². The van der Waals surface area contributed by atoms with Gasteiger partial charge < -0.3 is 4.74 Å². The fraction of sp³-hybridized carbons (Fsp3) is 0.824. The van der Waals surface area contributed by atoms with Gasteiger partial charge in [-0.1, -0.05) is 38.7 Å². The molecular weight excluding hydrogens is 236 g/mol. The normalized spacial score (nSPS) is 41.2. The first-order valence-electron chi connectivity index (χ1n) is 8.03. The Kier molecular flexibility index (Phi) is 3.68. The highest BCUT2D eigenvalue weighted by Crippen LogP contribution is 2.53. The average Bonchev–Trinajstić information content (AvgIpc) is 2.42. The summed E-state index contributed by atoms with van der Waals surface area (Å²) in [5.74, 6) is 3.15. The monoisotopic (exact) mass is 262 g/mol. The van der Waals surface area contributed by atoms with Crippen molar-refractivity contribution in [3.63, 3.8) is 0 Å². The second-order valence-electron chi connectivity index (χ2n) is 6.92. The van der Waals surface area contributed by atoms with E-state index < -0.39 is 0 Å². The van der Waals surface area contributed by atoms with E-state index in [0.29, 0.717) is 11.5 Å². The highest BCUT2D eigenvalue weighted by Gasteiger charge is 2.47. The molecule has 0 aliphatic heterocycles. The lowest BCUT2D eigenvalue weighted by molar-refractivity contribution is -0.157. The van der Waals surface area contributed by atoms with Crippen LogP contribution in [0, 0.1) is 23.7 Å². The molecule has 0 aromatic rings. The number of esters is 1. The predicted octanol–water partition coefficient (Wildman–Crippen LogP) is 4.10. The van der Waals surface area contributed by atoms with Crippen LogP contribution in [0.2, 0.25) is 0 Å². The Labute approximate surface area is 116 Å². The second kappa shape index (κ2) is 5.30. The second-order valence-corrected chi connectivity index (χ2v) is 6.92. The molecule has 0 spiro atoms. The molecule has 106 valence electrons. The minimum Gasteiger partial charge on any atom is -0.459 e. The Bertz CT molecular complexity index is 365. The first-order chi connectivity index (χ1) is 9.16. The van der Waals surface area contributed by atoms with Gasteiger partial charge in [-0.25, -0.2) is 4.79 Å². The Hall–Kier alpha value is -0.790. The number of carbonyl (C=O) groups excluding carboxylic acids is 1. The third-order valence-corrected chi connectivity index (χ3v) is 5.75. The van der Waals surface area contributed by atoms with Crippen LogP contribution >= 0.6 is 0 Å². The predicted molar refractivity (Wildman–Crippen MR) is 75.6 cm³/mol. The molecule has 3 rings (SSSR count). The van der Waals surface area contributed by atoms with E-state index >= 15 is 0 Å². The van der Waals surface area contributed by atoms with Gasteiger partial charge in [-0.3, -0.25) is 0 Å². The lowest BCUT2D eigenvalue weighted by atomic mass is 9.55. The van der Waals surface area contributed by atoms with Crippen molar-refractivity contribution in [3.8, 4) is 0 Å². The SMILES string of the molecule is C=C(C)C(=O)OC1CCC2CCCC3CCCC1C32. The number of ether oxygens (including phenoxy) is 1. The van der Waals surface area contributed by atoms with Gasteiger partial charge in [0.15, 0.2) is 0 Å². The van der Waals surface area contributed by atoms with Gasteiger partial charge in [0.25, 0.3) is 0 Å². The maximum absolute atomic E-state index is 11.8. The Morgan fingerprint density at radius 1 is 1.00 bits per heavy atom. The maximum Gasteiger partial charge on any atom is 0.333 e. The van der Waals surface area contributed by atoms with Gasteiger partial charge in [0.2, 0.25) is 0 Å². The van der Waals surface area contributed by atoms with E-state index in [9.17, 15) is 4.79 Å². The smallest absolute Gasteiger partial charge is 0.333 e. The molecule has 0 bridgehead atoms. The summed E-state index contributed by atoms with van der Waals surface area (Å²) < 4.78 is 5.75. The van der Waals surface area contributed by atoms with Crippen molar-refractivity contribution >= 4 is 5.97 Å². The molecule has 2 heteroatoms. The van der Waals surface area contributed by atoms with E-state index in [4.69, 9.17) is 4.74 Å². The molecule has 0 aromatic heterocycles. The fourth-order valence-corrected chi connectivity index (χ4v) is 5.00. The molecule has 19 heavy (non-hydrogen) atoms. The lowest BCUT2D eigenvalue weighted by Gasteiger charge is -2.51. The van der Waals surface area contributed by atoms with Gasteiger partial charge in [-0.15, -0.1) is 0 Å². The minimum absolute atomic E-state index is 0.173. The van der Waals surface area contributed by atoms with Gasteiger partial charge in [-0.2, -0.15) is 0 Å². The molecule has 3 aliphatic rings. The van der Waals surface area contributed by atoms with Gasteiger partial charge >= 0.3 is 5.97 Å². The highest BCUT2D eigenvalue weighted by atomic mass is 16.5. The Balaban J connectivity index is 1.74. The van der Waals surface area contributed by atoms with Crippen molar-refractivity contribution in [2.75, 3.05) is 0 Å². The molecule has 3 saturated carbocycles. The molecule has 0 saturated heterocycles. The molecule has 0 amide bonds. The summed E-state index contributed by atoms with van der Waals surface area (Å²) >= 11 is 0. The fourth-order valence-electron chi connectivity index (χ4n) is 5.00. The zero-order valence-corrected chi connectivity index (χ0v) is 12.1. The molecule has 5 atom stereocenters. The van der Waals surface area contributed by atoms with Gasteiger partial charge in [-0.05, 0) is 49.9 Å². The molecule has 2 nitrogen and oxygen atoms in total. The van der Waals surface area contributed by atoms with Crippen LogP contribution in [0.4, 0.5) is 0 Å². The van der Waals surface area contributed by atoms with Crippen LogP contribution in [0.25, 0.3) is 0 Å². The van der Waals surface area contributed by atoms with E-state index in [1.54, 1.807) is 6.92 Å². The van der Waals surface area contributed by atoms with Crippen molar-refractivity contribution in [2.24, 2.45) is 23.7 Å². The number of rotatable bonds is 2. The van der Waals surface area contributed by atoms with Gasteiger partial charge in [0, 0.05) is 5.57 Å². The third kappa shape index (κ3) is 2.46. The highest BCUT2D eigenvalue weighted by molar-refractivity contribution is 5.87. The molecule has 0 N–H and O–H groups in total. The third-order valence-electron chi connectivity index (χ3n) is 5.75. The summed E-state index contributed by atoms with van der Waals surface area (Å²) in [4.78, 5) is 11.8. The van der Waals surface area contributed by atoms with E-state index in [-0.39, 0.29) is 12.1 Å². The summed E-state index contributed by atoms with van der Waals surface area (Å²) in [6.45, 7) is 5.46. The van der Waals surface area contributed by atoms with Crippen molar-refractivity contribution in [1.29, 1.82) is 0 Å². The summed E-state index contributed by atoms with van der Waals surface area (Å²) in [6, 6.07) is 0. The van der Waals surface area contributed by atoms with Crippen molar-refractivity contribution < 1.29 is 9.53 Å². The maximum atomic E-state index is 11.8. The van der Waals surface area contributed by atoms with E-state index in [1.807, 2.05) is 0 Å². The molecule has 3 fully saturated rings. The van der Waals surface area contributed by atoms with E-state index in [0.717, 1.165) is 24.2 Å². The average molecular weight is 262 g/mol. The molecular formula is C17H26O2. The number of hydrogen-bond acceptors (Lipinski definition) is 2. The molecule has 0 aromatic carbocycles. The number of carbonyl (C=O) groups is 1. The zero-order chi connectivity index (χ0) is 13.4. The zero-order valence-electron chi connectivity index (χ0n) is 12.1. The van der Waals surface area contributed by atoms with Gasteiger partial charge in [0.05, 0.1) is 0 Å². The first-order valence-corrected chi connectivity index (χ1v) is 8.03. The topological polar surface area (TPSA) is 26.3 Å². The Morgan fingerprint density at radius 3 is 2.32 bits per heavy atom. The van der Waals surface area contributed by atoms with Crippen LogP contribution in [0.3, 0.4) is 0 Å². The molecule has 0 radical (unpaired) electrons. The summed E-state index contributed by atoms with van der Waals surface area (Å²) in [5, 5.41) is 0. The summed E-state index contributed by atoms with van der Waals surface area (Å²) in [6.07, 6.45) is 10.8. The summed E-state index contributed by atoms with van der Waals surface area (Å²) in [7, 11) is 0. The van der Waals surface area contributed by atoms with Crippen molar-refractivity contribution in [1.82, 2.24) is 0 Å². The van der Waals surface area contributed by atoms with Crippen LogP contribution < -0.4 is 0 Å². The van der Waals surface area contributed by atoms with Crippen molar-refractivity contribution in [3.05, 3.63) is 12.2 Å². The molecule has 5 unspecified atom stereocenters.